The molecule has 0 amide bonds. The molecule has 0 saturated carbocycles. The number of para-hydroxylation sites is 1. The number of rotatable bonds is 4. The Labute approximate surface area is 256 Å². The van der Waals surface area contributed by atoms with E-state index in [4.69, 9.17) is 9.97 Å². The maximum absolute atomic E-state index is 4.97. The molecule has 0 fully saturated rings. The zero-order valence-corrected chi connectivity index (χ0v) is 24.6. The van der Waals surface area contributed by atoms with E-state index in [-0.39, 0.29) is 0 Å². The van der Waals surface area contributed by atoms with E-state index in [1.807, 2.05) is 23.6 Å². The van der Waals surface area contributed by atoms with Crippen LogP contribution in [0.25, 0.3) is 80.8 Å². The predicted octanol–water partition coefficient (Wildman–Crippen LogP) is 11.0. The molecule has 0 aliphatic carbocycles. The van der Waals surface area contributed by atoms with Crippen molar-refractivity contribution in [2.24, 2.45) is 0 Å². The zero-order chi connectivity index (χ0) is 28.3. The fourth-order valence-electron chi connectivity index (χ4n) is 6.20. The highest BCUT2D eigenvalue weighted by Gasteiger charge is 2.19. The van der Waals surface area contributed by atoms with Gasteiger partial charge in [0, 0.05) is 48.4 Å². The van der Waals surface area contributed by atoms with E-state index in [1.54, 1.807) is 11.3 Å². The van der Waals surface area contributed by atoms with Gasteiger partial charge in [0.15, 0.2) is 5.82 Å². The second kappa shape index (κ2) is 9.73. The molecule has 0 aliphatic heterocycles. The molecule has 0 atom stereocenters. The molecule has 5 heteroatoms. The number of thiophene rings is 2. The Morgan fingerprint density at radius 3 is 2.21 bits per heavy atom. The molecule has 4 aromatic heterocycles. The summed E-state index contributed by atoms with van der Waals surface area (Å²) in [6.07, 6.45) is 1.86. The van der Waals surface area contributed by atoms with Crippen molar-refractivity contribution in [2.75, 3.05) is 0 Å². The van der Waals surface area contributed by atoms with Gasteiger partial charge >= 0.3 is 0 Å². The van der Waals surface area contributed by atoms with Crippen LogP contribution in [0, 0.1) is 0 Å². The van der Waals surface area contributed by atoms with Crippen molar-refractivity contribution in [3.8, 4) is 38.8 Å². The molecule has 0 radical (unpaired) electrons. The minimum Gasteiger partial charge on any atom is -0.309 e. The third-order valence-corrected chi connectivity index (χ3v) is 10.3. The fraction of sp³-hybridized carbons (Fsp3) is 0. The van der Waals surface area contributed by atoms with Gasteiger partial charge in [0.25, 0.3) is 0 Å². The first-order valence-electron chi connectivity index (χ1n) is 14.2. The molecule has 0 spiro atoms. The summed E-state index contributed by atoms with van der Waals surface area (Å²) in [5.41, 5.74) is 7.97. The SMILES string of the molecule is c1ccc(-c2ccc3sc4c(ccc5c4c4cc(-c6nccc(-c7cccs7)n6)ccc4n5-c4ccccc4)c3c2)cc1. The smallest absolute Gasteiger partial charge is 0.159 e. The maximum Gasteiger partial charge on any atom is 0.159 e. The predicted molar refractivity (Wildman–Crippen MR) is 183 cm³/mol. The Morgan fingerprint density at radius 1 is 0.581 bits per heavy atom. The van der Waals surface area contributed by atoms with Crippen LogP contribution in [0.2, 0.25) is 0 Å². The van der Waals surface area contributed by atoms with E-state index >= 15 is 0 Å². The van der Waals surface area contributed by atoms with Crippen molar-refractivity contribution in [3.05, 3.63) is 139 Å². The summed E-state index contributed by atoms with van der Waals surface area (Å²) in [5, 5.41) is 7.16. The minimum absolute atomic E-state index is 0.740. The van der Waals surface area contributed by atoms with E-state index in [2.05, 4.69) is 131 Å². The first kappa shape index (κ1) is 24.5. The second-order valence-electron chi connectivity index (χ2n) is 10.7. The van der Waals surface area contributed by atoms with Crippen molar-refractivity contribution < 1.29 is 0 Å². The lowest BCUT2D eigenvalue weighted by Crippen LogP contribution is -1.93. The van der Waals surface area contributed by atoms with Crippen LogP contribution in [-0.4, -0.2) is 14.5 Å². The van der Waals surface area contributed by atoms with Gasteiger partial charge in [0.05, 0.1) is 21.6 Å². The van der Waals surface area contributed by atoms with Crippen LogP contribution in [0.1, 0.15) is 0 Å². The topological polar surface area (TPSA) is 30.7 Å². The summed E-state index contributed by atoms with van der Waals surface area (Å²) < 4.78 is 4.99. The van der Waals surface area contributed by atoms with Crippen LogP contribution in [0.15, 0.2) is 139 Å². The third-order valence-electron chi connectivity index (χ3n) is 8.17. The first-order valence-corrected chi connectivity index (χ1v) is 15.9. The molecule has 0 unspecified atom stereocenters. The highest BCUT2D eigenvalue weighted by atomic mass is 32.1. The van der Waals surface area contributed by atoms with Crippen LogP contribution in [-0.2, 0) is 0 Å². The van der Waals surface area contributed by atoms with Gasteiger partial charge in [-0.15, -0.1) is 22.7 Å². The fourth-order valence-corrected chi connectivity index (χ4v) is 8.14. The van der Waals surface area contributed by atoms with E-state index < -0.39 is 0 Å². The first-order chi connectivity index (χ1) is 21.3. The Balaban J connectivity index is 1.33. The van der Waals surface area contributed by atoms with Crippen molar-refractivity contribution in [3.63, 3.8) is 0 Å². The summed E-state index contributed by atoms with van der Waals surface area (Å²) in [7, 11) is 0. The minimum atomic E-state index is 0.740. The highest BCUT2D eigenvalue weighted by molar-refractivity contribution is 7.26. The number of aromatic nitrogens is 3. The third kappa shape index (κ3) is 3.93. The van der Waals surface area contributed by atoms with Gasteiger partial charge in [0.1, 0.15) is 0 Å². The largest absolute Gasteiger partial charge is 0.309 e. The van der Waals surface area contributed by atoms with Gasteiger partial charge < -0.3 is 4.57 Å². The van der Waals surface area contributed by atoms with Gasteiger partial charge in [-0.25, -0.2) is 9.97 Å². The van der Waals surface area contributed by atoms with Gasteiger partial charge in [-0.1, -0.05) is 66.7 Å². The molecule has 43 heavy (non-hydrogen) atoms. The summed E-state index contributed by atoms with van der Waals surface area (Å²) in [5.74, 6) is 0.740. The normalized spacial score (nSPS) is 11.7. The van der Waals surface area contributed by atoms with E-state index in [1.165, 1.54) is 53.1 Å². The summed E-state index contributed by atoms with van der Waals surface area (Å²) >= 11 is 3.57. The monoisotopic (exact) mass is 585 g/mol. The van der Waals surface area contributed by atoms with Crippen LogP contribution in [0.5, 0.6) is 0 Å². The van der Waals surface area contributed by atoms with Crippen LogP contribution < -0.4 is 0 Å². The lowest BCUT2D eigenvalue weighted by molar-refractivity contribution is 1.17. The summed E-state index contributed by atoms with van der Waals surface area (Å²) in [6.45, 7) is 0. The Hall–Kier alpha value is -5.10. The lowest BCUT2D eigenvalue weighted by Gasteiger charge is -2.08. The molecule has 3 nitrogen and oxygen atoms in total. The molecule has 0 N–H and O–H groups in total. The molecule has 0 aliphatic rings. The van der Waals surface area contributed by atoms with Crippen molar-refractivity contribution in [2.45, 2.75) is 0 Å². The van der Waals surface area contributed by atoms with Crippen molar-refractivity contribution in [1.29, 1.82) is 0 Å². The summed E-state index contributed by atoms with van der Waals surface area (Å²) in [6, 6.07) is 45.6. The Morgan fingerprint density at radius 2 is 1.37 bits per heavy atom. The molecular weight excluding hydrogens is 563 g/mol. The van der Waals surface area contributed by atoms with Gasteiger partial charge in [0.2, 0.25) is 0 Å². The number of hydrogen-bond donors (Lipinski definition) is 0. The average molecular weight is 586 g/mol. The molecule has 9 rings (SSSR count). The number of fused-ring (bicyclic) bond motifs is 7. The standard InChI is InChI=1S/C38H23N3S2/c1-3-8-24(9-4-1)25-14-18-34-29(22-25)28-15-17-33-36(37(28)43-34)30-23-26(13-16-32(30)41(33)27-10-5-2-6-11-27)38-39-20-19-31(40-38)35-12-7-21-42-35/h1-23H. The molecule has 202 valence electrons. The molecule has 4 heterocycles. The highest BCUT2D eigenvalue weighted by Crippen LogP contribution is 2.44. The van der Waals surface area contributed by atoms with E-state index in [9.17, 15) is 0 Å². The average Bonchev–Trinajstić information content (AvgIpc) is 3.81. The van der Waals surface area contributed by atoms with Crippen LogP contribution >= 0.6 is 22.7 Å². The van der Waals surface area contributed by atoms with E-state index in [0.717, 1.165) is 27.6 Å². The van der Waals surface area contributed by atoms with Gasteiger partial charge in [-0.3, -0.25) is 0 Å². The summed E-state index contributed by atoms with van der Waals surface area (Å²) in [4.78, 5) is 10.8. The lowest BCUT2D eigenvalue weighted by atomic mass is 10.0. The van der Waals surface area contributed by atoms with Crippen LogP contribution in [0.3, 0.4) is 0 Å². The van der Waals surface area contributed by atoms with Crippen LogP contribution in [0.4, 0.5) is 0 Å². The Bertz CT molecular complexity index is 2440. The molecule has 9 aromatic rings. The van der Waals surface area contributed by atoms with E-state index in [0.29, 0.717) is 0 Å². The number of benzene rings is 5. The second-order valence-corrected chi connectivity index (χ2v) is 12.7. The molecular formula is C38H23N3S2. The number of nitrogens with zero attached hydrogens (tertiary/aromatic N) is 3. The van der Waals surface area contributed by atoms with Crippen molar-refractivity contribution >= 4 is 64.7 Å². The molecule has 0 saturated heterocycles. The van der Waals surface area contributed by atoms with Crippen molar-refractivity contribution in [1.82, 2.24) is 14.5 Å². The quantitative estimate of drug-likeness (QED) is 0.206. The molecule has 5 aromatic carbocycles. The van der Waals surface area contributed by atoms with Gasteiger partial charge in [-0.05, 0) is 77.2 Å². The number of hydrogen-bond acceptors (Lipinski definition) is 4. The van der Waals surface area contributed by atoms with Gasteiger partial charge in [-0.2, -0.15) is 0 Å². The maximum atomic E-state index is 4.97. The molecule has 0 bridgehead atoms. The Kier molecular flexibility index (Phi) is 5.54. The zero-order valence-electron chi connectivity index (χ0n) is 22.9.